The van der Waals surface area contributed by atoms with Gasteiger partial charge < -0.3 is 0 Å². The summed E-state index contributed by atoms with van der Waals surface area (Å²) in [5.74, 6) is -0.0259. The van der Waals surface area contributed by atoms with Crippen LogP contribution in [-0.4, -0.2) is 13.7 Å². The fourth-order valence-corrected chi connectivity index (χ4v) is 3.49. The van der Waals surface area contributed by atoms with Crippen molar-refractivity contribution in [2.45, 2.75) is 43.9 Å². The Labute approximate surface area is 146 Å². The molecule has 0 amide bonds. The van der Waals surface area contributed by atoms with Gasteiger partial charge in [-0.1, -0.05) is 42.5 Å². The van der Waals surface area contributed by atoms with E-state index in [9.17, 15) is 21.6 Å². The van der Waals surface area contributed by atoms with Crippen LogP contribution in [0.2, 0.25) is 0 Å². The van der Waals surface area contributed by atoms with E-state index in [0.717, 1.165) is 11.6 Å². The lowest BCUT2D eigenvalue weighted by molar-refractivity contribution is -0.138. The zero-order valence-electron chi connectivity index (χ0n) is 14.2. The molecule has 0 aliphatic heterocycles. The van der Waals surface area contributed by atoms with Crippen molar-refractivity contribution < 1.29 is 21.6 Å². The summed E-state index contributed by atoms with van der Waals surface area (Å²) in [5.41, 5.74) is 1.23. The van der Waals surface area contributed by atoms with Crippen molar-refractivity contribution in [3.63, 3.8) is 0 Å². The molecule has 0 spiro atoms. The van der Waals surface area contributed by atoms with Crippen LogP contribution >= 0.6 is 0 Å². The third-order valence-electron chi connectivity index (χ3n) is 4.11. The second-order valence-electron chi connectivity index (χ2n) is 6.33. The Morgan fingerprint density at radius 2 is 1.44 bits per heavy atom. The van der Waals surface area contributed by atoms with E-state index in [1.54, 1.807) is 44.2 Å². The molecule has 0 unspecified atom stereocenters. The summed E-state index contributed by atoms with van der Waals surface area (Å²) in [6, 6.07) is 12.6. The Morgan fingerprint density at radius 3 is 2.00 bits per heavy atom. The molecule has 0 bridgehead atoms. The average Bonchev–Trinajstić information content (AvgIpc) is 2.53. The number of rotatable bonds is 6. The zero-order chi connectivity index (χ0) is 18.7. The molecule has 0 radical (unpaired) electrons. The first kappa shape index (κ1) is 19.5. The number of hydrogen-bond donors (Lipinski definition) is 0. The number of alkyl halides is 3. The molecule has 0 fully saturated rings. The summed E-state index contributed by atoms with van der Waals surface area (Å²) >= 11 is 0. The Bertz CT molecular complexity index is 807. The normalized spacial score (nSPS) is 12.6. The second-order valence-corrected chi connectivity index (χ2v) is 8.88. The van der Waals surface area contributed by atoms with Crippen LogP contribution in [0.15, 0.2) is 48.5 Å². The Hall–Kier alpha value is -1.82. The molecular formula is C19H21F3O2S. The van der Waals surface area contributed by atoms with Gasteiger partial charge in [-0.3, -0.25) is 0 Å². The minimum absolute atomic E-state index is 0.0259. The van der Waals surface area contributed by atoms with Gasteiger partial charge >= 0.3 is 6.18 Å². The monoisotopic (exact) mass is 370 g/mol. The molecule has 0 saturated carbocycles. The highest BCUT2D eigenvalue weighted by Gasteiger charge is 2.32. The molecular weight excluding hydrogens is 349 g/mol. The highest BCUT2D eigenvalue weighted by molar-refractivity contribution is 7.91. The van der Waals surface area contributed by atoms with Gasteiger partial charge in [0.2, 0.25) is 0 Å². The average molecular weight is 370 g/mol. The number of benzene rings is 2. The quantitative estimate of drug-likeness (QED) is 0.731. The van der Waals surface area contributed by atoms with Crippen molar-refractivity contribution in [1.29, 1.82) is 0 Å². The van der Waals surface area contributed by atoms with Crippen molar-refractivity contribution in [3.05, 3.63) is 70.8 Å². The second kappa shape index (κ2) is 7.60. The third kappa shape index (κ3) is 5.33. The predicted molar refractivity (Wildman–Crippen MR) is 93.1 cm³/mol. The molecule has 2 aromatic carbocycles. The molecule has 0 saturated heterocycles. The van der Waals surface area contributed by atoms with Crippen LogP contribution in [0.5, 0.6) is 0 Å². The fourth-order valence-electron chi connectivity index (χ4n) is 2.49. The molecule has 0 aliphatic rings. The summed E-state index contributed by atoms with van der Waals surface area (Å²) < 4.78 is 62.8. The van der Waals surface area contributed by atoms with Crippen molar-refractivity contribution in [2.75, 3.05) is 0 Å². The smallest absolute Gasteiger partial charge is 0.228 e. The van der Waals surface area contributed by atoms with Crippen LogP contribution in [-0.2, 0) is 34.6 Å². The highest BCUT2D eigenvalue weighted by atomic mass is 32.2. The van der Waals surface area contributed by atoms with Gasteiger partial charge in [0.1, 0.15) is 0 Å². The van der Waals surface area contributed by atoms with Crippen LogP contribution in [0.3, 0.4) is 0 Å². The van der Waals surface area contributed by atoms with E-state index in [-0.39, 0.29) is 17.7 Å². The van der Waals surface area contributed by atoms with Crippen molar-refractivity contribution in [1.82, 2.24) is 0 Å². The highest BCUT2D eigenvalue weighted by Crippen LogP contribution is 2.32. The minimum Gasteiger partial charge on any atom is -0.228 e. The number of aryl methyl sites for hydroxylation is 2. The van der Waals surface area contributed by atoms with Gasteiger partial charge in [-0.25, -0.2) is 8.42 Å². The fraction of sp³-hybridized carbons (Fsp3) is 0.368. The molecule has 6 heteroatoms. The standard InChI is InChI=1S/C19H21F3O2S/c1-14(2)25(23,24)13-16-9-7-15(8-10-16)11-12-17-5-3-4-6-18(17)19(20,21)22/h3-10,14H,11-13H2,1-2H3. The van der Waals surface area contributed by atoms with Crippen LogP contribution < -0.4 is 0 Å². The first-order chi connectivity index (χ1) is 11.6. The summed E-state index contributed by atoms with van der Waals surface area (Å²) in [5, 5.41) is -0.439. The first-order valence-corrected chi connectivity index (χ1v) is 9.75. The van der Waals surface area contributed by atoms with Gasteiger partial charge in [0.05, 0.1) is 16.6 Å². The zero-order valence-corrected chi connectivity index (χ0v) is 15.0. The Morgan fingerprint density at radius 1 is 0.880 bits per heavy atom. The lowest BCUT2D eigenvalue weighted by atomic mass is 9.99. The molecule has 25 heavy (non-hydrogen) atoms. The number of halogens is 3. The first-order valence-electron chi connectivity index (χ1n) is 8.04. The maximum Gasteiger partial charge on any atom is 0.416 e. The van der Waals surface area contributed by atoms with E-state index in [0.29, 0.717) is 12.0 Å². The van der Waals surface area contributed by atoms with Crippen molar-refractivity contribution in [2.24, 2.45) is 0 Å². The van der Waals surface area contributed by atoms with E-state index >= 15 is 0 Å². The molecule has 2 aromatic rings. The molecule has 0 atom stereocenters. The third-order valence-corrected chi connectivity index (χ3v) is 6.29. The molecule has 2 rings (SSSR count). The topological polar surface area (TPSA) is 34.1 Å². The maximum absolute atomic E-state index is 13.0. The molecule has 0 aromatic heterocycles. The predicted octanol–water partition coefficient (Wildman–Crippen LogP) is 4.81. The van der Waals surface area contributed by atoms with Crippen molar-refractivity contribution in [3.8, 4) is 0 Å². The molecule has 0 heterocycles. The van der Waals surface area contributed by atoms with E-state index in [1.807, 2.05) is 0 Å². The van der Waals surface area contributed by atoms with Gasteiger partial charge in [0.15, 0.2) is 9.84 Å². The van der Waals surface area contributed by atoms with Crippen LogP contribution in [0.4, 0.5) is 13.2 Å². The van der Waals surface area contributed by atoms with Gasteiger partial charge in [-0.15, -0.1) is 0 Å². The lowest BCUT2D eigenvalue weighted by Gasteiger charge is -2.13. The SMILES string of the molecule is CC(C)S(=O)(=O)Cc1ccc(CCc2ccccc2C(F)(F)F)cc1. The Kier molecular flexibility index (Phi) is 5.93. The number of hydrogen-bond acceptors (Lipinski definition) is 2. The molecule has 0 aliphatic carbocycles. The van der Waals surface area contributed by atoms with Crippen LogP contribution in [0.1, 0.15) is 36.1 Å². The van der Waals surface area contributed by atoms with E-state index < -0.39 is 26.8 Å². The van der Waals surface area contributed by atoms with Crippen LogP contribution in [0, 0.1) is 0 Å². The van der Waals surface area contributed by atoms with Crippen molar-refractivity contribution >= 4 is 9.84 Å². The Balaban J connectivity index is 2.06. The lowest BCUT2D eigenvalue weighted by Crippen LogP contribution is -2.16. The van der Waals surface area contributed by atoms with E-state index in [2.05, 4.69) is 0 Å². The van der Waals surface area contributed by atoms with Gasteiger partial charge in [-0.05, 0) is 49.4 Å². The largest absolute Gasteiger partial charge is 0.416 e. The summed E-state index contributed by atoms with van der Waals surface area (Å²) in [6.45, 7) is 3.28. The van der Waals surface area contributed by atoms with E-state index in [1.165, 1.54) is 12.1 Å². The summed E-state index contributed by atoms with van der Waals surface area (Å²) in [6.07, 6.45) is -3.62. The molecule has 0 N–H and O–H groups in total. The van der Waals surface area contributed by atoms with Gasteiger partial charge in [0.25, 0.3) is 0 Å². The summed E-state index contributed by atoms with van der Waals surface area (Å²) in [7, 11) is -3.17. The minimum atomic E-state index is -4.36. The number of sulfone groups is 1. The summed E-state index contributed by atoms with van der Waals surface area (Å²) in [4.78, 5) is 0. The van der Waals surface area contributed by atoms with Crippen LogP contribution in [0.25, 0.3) is 0 Å². The molecule has 2 nitrogen and oxygen atoms in total. The van der Waals surface area contributed by atoms with Gasteiger partial charge in [0, 0.05) is 0 Å². The van der Waals surface area contributed by atoms with Gasteiger partial charge in [-0.2, -0.15) is 13.2 Å². The molecule has 136 valence electrons. The van der Waals surface area contributed by atoms with E-state index in [4.69, 9.17) is 0 Å². The maximum atomic E-state index is 13.0.